The van der Waals surface area contributed by atoms with Crippen molar-refractivity contribution in [2.24, 2.45) is 4.99 Å². The minimum atomic E-state index is 0.219. The van der Waals surface area contributed by atoms with E-state index in [0.29, 0.717) is 38.7 Å². The van der Waals surface area contributed by atoms with Crippen molar-refractivity contribution in [1.82, 2.24) is 15.5 Å². The van der Waals surface area contributed by atoms with Crippen LogP contribution in [-0.4, -0.2) is 63.3 Å². The molecule has 0 aromatic heterocycles. The third-order valence-corrected chi connectivity index (χ3v) is 4.81. The highest BCUT2D eigenvalue weighted by Gasteiger charge is 2.17. The van der Waals surface area contributed by atoms with Gasteiger partial charge in [-0.1, -0.05) is 12.1 Å². The van der Waals surface area contributed by atoms with Gasteiger partial charge < -0.3 is 25.0 Å². The van der Waals surface area contributed by atoms with Gasteiger partial charge in [-0.25, -0.2) is 4.99 Å². The summed E-state index contributed by atoms with van der Waals surface area (Å²) in [6.07, 6.45) is 3.58. The van der Waals surface area contributed by atoms with E-state index in [4.69, 9.17) is 9.47 Å². The van der Waals surface area contributed by atoms with E-state index in [9.17, 15) is 4.79 Å². The summed E-state index contributed by atoms with van der Waals surface area (Å²) in [5.41, 5.74) is 2.20. The summed E-state index contributed by atoms with van der Waals surface area (Å²) in [6.45, 7) is 9.03. The molecule has 1 aromatic carbocycles. The standard InChI is InChI=1S/C22H36N4O3/c1-4-23-22(24-11-10-21(27)26-12-5-6-13-26)25-17-19-9-8-18(2)16-20(19)29-15-7-14-28-3/h8-9,16H,4-7,10-15,17H2,1-3H3,(H2,23,24,25). The van der Waals surface area contributed by atoms with Gasteiger partial charge in [0.05, 0.1) is 13.2 Å². The van der Waals surface area contributed by atoms with Gasteiger partial charge in [0, 0.05) is 58.3 Å². The van der Waals surface area contributed by atoms with Crippen LogP contribution in [0.2, 0.25) is 0 Å². The molecular formula is C22H36N4O3. The molecule has 1 aliphatic heterocycles. The molecule has 1 fully saturated rings. The number of amides is 1. The zero-order valence-electron chi connectivity index (χ0n) is 18.1. The first-order chi connectivity index (χ1) is 14.1. The minimum absolute atomic E-state index is 0.219. The van der Waals surface area contributed by atoms with Crippen molar-refractivity contribution >= 4 is 11.9 Å². The van der Waals surface area contributed by atoms with E-state index in [1.165, 1.54) is 0 Å². The lowest BCUT2D eigenvalue weighted by Gasteiger charge is -2.16. The van der Waals surface area contributed by atoms with Crippen LogP contribution in [0.4, 0.5) is 0 Å². The second kappa shape index (κ2) is 13.0. The van der Waals surface area contributed by atoms with E-state index in [-0.39, 0.29) is 5.91 Å². The average Bonchev–Trinajstić information content (AvgIpc) is 3.25. The summed E-state index contributed by atoms with van der Waals surface area (Å²) in [5, 5.41) is 6.51. The lowest BCUT2D eigenvalue weighted by Crippen LogP contribution is -2.39. The zero-order valence-corrected chi connectivity index (χ0v) is 18.1. The van der Waals surface area contributed by atoms with Crippen LogP contribution in [0.1, 0.15) is 43.7 Å². The van der Waals surface area contributed by atoms with E-state index < -0.39 is 0 Å². The number of nitrogens with one attached hydrogen (secondary N) is 2. The number of methoxy groups -OCH3 is 1. The highest BCUT2D eigenvalue weighted by atomic mass is 16.5. The number of hydrogen-bond acceptors (Lipinski definition) is 4. The largest absolute Gasteiger partial charge is 0.493 e. The maximum Gasteiger partial charge on any atom is 0.224 e. The number of benzene rings is 1. The Bertz CT molecular complexity index is 657. The summed E-state index contributed by atoms with van der Waals surface area (Å²) in [7, 11) is 1.70. The molecule has 0 spiro atoms. The summed E-state index contributed by atoms with van der Waals surface area (Å²) >= 11 is 0. The lowest BCUT2D eigenvalue weighted by atomic mass is 10.1. The monoisotopic (exact) mass is 404 g/mol. The van der Waals surface area contributed by atoms with E-state index in [0.717, 1.165) is 55.8 Å². The van der Waals surface area contributed by atoms with Gasteiger partial charge in [0.15, 0.2) is 5.96 Å². The third kappa shape index (κ3) is 8.31. The number of carbonyl (C=O) groups is 1. The average molecular weight is 405 g/mol. The van der Waals surface area contributed by atoms with Gasteiger partial charge in [0.1, 0.15) is 5.75 Å². The number of aliphatic imine (C=N–C) groups is 1. The molecule has 162 valence electrons. The van der Waals surface area contributed by atoms with Crippen molar-refractivity contribution in [3.63, 3.8) is 0 Å². The van der Waals surface area contributed by atoms with Gasteiger partial charge in [-0.3, -0.25) is 4.79 Å². The van der Waals surface area contributed by atoms with E-state index >= 15 is 0 Å². The Balaban J connectivity index is 1.90. The van der Waals surface area contributed by atoms with Crippen LogP contribution in [0.3, 0.4) is 0 Å². The van der Waals surface area contributed by atoms with Crippen molar-refractivity contribution in [3.05, 3.63) is 29.3 Å². The van der Waals surface area contributed by atoms with Gasteiger partial charge >= 0.3 is 0 Å². The van der Waals surface area contributed by atoms with Gasteiger partial charge in [0.2, 0.25) is 5.91 Å². The predicted octanol–water partition coefficient (Wildman–Crippen LogP) is 2.48. The number of guanidine groups is 1. The van der Waals surface area contributed by atoms with Crippen molar-refractivity contribution in [1.29, 1.82) is 0 Å². The van der Waals surface area contributed by atoms with Crippen LogP contribution in [0, 0.1) is 6.92 Å². The molecule has 1 aliphatic rings. The van der Waals surface area contributed by atoms with Crippen molar-refractivity contribution in [2.45, 2.75) is 46.1 Å². The second-order valence-electron chi connectivity index (χ2n) is 7.27. The molecule has 1 amide bonds. The number of hydrogen-bond donors (Lipinski definition) is 2. The summed E-state index contributed by atoms with van der Waals surface area (Å²) < 4.78 is 11.0. The van der Waals surface area contributed by atoms with Crippen LogP contribution in [-0.2, 0) is 16.1 Å². The third-order valence-electron chi connectivity index (χ3n) is 4.81. The first-order valence-electron chi connectivity index (χ1n) is 10.6. The van der Waals surface area contributed by atoms with Crippen molar-refractivity contribution < 1.29 is 14.3 Å². The van der Waals surface area contributed by atoms with Gasteiger partial charge in [-0.15, -0.1) is 0 Å². The number of carbonyl (C=O) groups excluding carboxylic acids is 1. The number of likely N-dealkylation sites (tertiary alicyclic amines) is 1. The van der Waals surface area contributed by atoms with Crippen LogP contribution in [0.15, 0.2) is 23.2 Å². The van der Waals surface area contributed by atoms with E-state index in [1.54, 1.807) is 7.11 Å². The van der Waals surface area contributed by atoms with Crippen LogP contribution in [0.25, 0.3) is 0 Å². The molecule has 2 N–H and O–H groups in total. The van der Waals surface area contributed by atoms with Crippen LogP contribution >= 0.6 is 0 Å². The van der Waals surface area contributed by atoms with Crippen LogP contribution in [0.5, 0.6) is 5.75 Å². The Hall–Kier alpha value is -2.28. The van der Waals surface area contributed by atoms with Gasteiger partial charge in [-0.2, -0.15) is 0 Å². The molecule has 2 rings (SSSR count). The van der Waals surface area contributed by atoms with Gasteiger partial charge in [-0.05, 0) is 38.3 Å². The molecule has 0 atom stereocenters. The van der Waals surface area contributed by atoms with Crippen molar-refractivity contribution in [2.75, 3.05) is 46.5 Å². The topological polar surface area (TPSA) is 75.2 Å². The highest BCUT2D eigenvalue weighted by molar-refractivity contribution is 5.81. The molecule has 1 heterocycles. The fourth-order valence-corrected chi connectivity index (χ4v) is 3.23. The lowest BCUT2D eigenvalue weighted by molar-refractivity contribution is -0.129. The fourth-order valence-electron chi connectivity index (χ4n) is 3.23. The smallest absolute Gasteiger partial charge is 0.224 e. The molecule has 0 bridgehead atoms. The Morgan fingerprint density at radius 1 is 1.21 bits per heavy atom. The predicted molar refractivity (Wildman–Crippen MR) is 116 cm³/mol. The Labute approximate surface area is 174 Å². The SMILES string of the molecule is CCNC(=NCc1ccc(C)cc1OCCCOC)NCCC(=O)N1CCCC1. The molecular weight excluding hydrogens is 368 g/mol. The summed E-state index contributed by atoms with van der Waals surface area (Å²) in [5.74, 6) is 1.80. The molecule has 1 aromatic rings. The molecule has 29 heavy (non-hydrogen) atoms. The molecule has 7 heteroatoms. The molecule has 7 nitrogen and oxygen atoms in total. The quantitative estimate of drug-likeness (QED) is 0.337. The number of rotatable bonds is 11. The Kier molecular flexibility index (Phi) is 10.3. The van der Waals surface area contributed by atoms with E-state index in [2.05, 4.69) is 34.7 Å². The number of nitrogens with zero attached hydrogens (tertiary/aromatic N) is 2. The Morgan fingerprint density at radius 2 is 2.00 bits per heavy atom. The molecule has 0 radical (unpaired) electrons. The summed E-state index contributed by atoms with van der Waals surface area (Å²) in [4.78, 5) is 18.8. The molecule has 0 saturated carbocycles. The Morgan fingerprint density at radius 3 is 2.72 bits per heavy atom. The fraction of sp³-hybridized carbons (Fsp3) is 0.636. The first-order valence-corrected chi connectivity index (χ1v) is 10.6. The number of ether oxygens (including phenoxy) is 2. The zero-order chi connectivity index (χ0) is 20.9. The number of aryl methyl sites for hydroxylation is 1. The molecule has 1 saturated heterocycles. The van der Waals surface area contributed by atoms with Crippen molar-refractivity contribution in [3.8, 4) is 5.75 Å². The maximum absolute atomic E-state index is 12.2. The molecule has 0 unspecified atom stereocenters. The van der Waals surface area contributed by atoms with Gasteiger partial charge in [0.25, 0.3) is 0 Å². The van der Waals surface area contributed by atoms with Crippen LogP contribution < -0.4 is 15.4 Å². The molecule has 0 aliphatic carbocycles. The first kappa shape index (κ1) is 23.0. The minimum Gasteiger partial charge on any atom is -0.493 e. The second-order valence-corrected chi connectivity index (χ2v) is 7.27. The maximum atomic E-state index is 12.2. The normalized spacial score (nSPS) is 14.2. The highest BCUT2D eigenvalue weighted by Crippen LogP contribution is 2.21. The summed E-state index contributed by atoms with van der Waals surface area (Å²) in [6, 6.07) is 6.18. The van der Waals surface area contributed by atoms with E-state index in [1.807, 2.05) is 17.9 Å².